The van der Waals surface area contributed by atoms with Gasteiger partial charge in [0, 0.05) is 30.1 Å². The van der Waals surface area contributed by atoms with Gasteiger partial charge in [0.1, 0.15) is 11.4 Å². The van der Waals surface area contributed by atoms with Crippen LogP contribution in [0.15, 0.2) is 48.7 Å². The van der Waals surface area contributed by atoms with E-state index in [1.165, 1.54) is 12.1 Å². The molecule has 2 N–H and O–H groups in total. The standard InChI is InChI=1S/C23H23F3N2O3/c1-22(10-2-11-31-22)21(29)28-20-14-27-19-8-3-15(13-18(19)20)9-12-30-17-6-4-16(5-7-17)23(24,25)26/h3-8,13-14,27H,2,9-12H2,1H3,(H,28,29). The highest BCUT2D eigenvalue weighted by molar-refractivity contribution is 6.04. The molecule has 0 saturated carbocycles. The van der Waals surface area contributed by atoms with Crippen molar-refractivity contribution in [1.82, 2.24) is 4.98 Å². The van der Waals surface area contributed by atoms with Gasteiger partial charge >= 0.3 is 6.18 Å². The van der Waals surface area contributed by atoms with Crippen LogP contribution in [0.3, 0.4) is 0 Å². The Bertz CT molecular complexity index is 1070. The third-order valence-electron chi connectivity index (χ3n) is 5.53. The highest BCUT2D eigenvalue weighted by Gasteiger charge is 2.38. The quantitative estimate of drug-likeness (QED) is 0.555. The van der Waals surface area contributed by atoms with Crippen molar-refractivity contribution in [3.05, 3.63) is 59.8 Å². The van der Waals surface area contributed by atoms with Crippen LogP contribution in [0.5, 0.6) is 5.75 Å². The fourth-order valence-corrected chi connectivity index (χ4v) is 3.67. The zero-order chi connectivity index (χ0) is 22.1. The highest BCUT2D eigenvalue weighted by Crippen LogP contribution is 2.31. The number of halogens is 3. The molecule has 1 aliphatic rings. The van der Waals surface area contributed by atoms with Crippen LogP contribution in [0.4, 0.5) is 18.9 Å². The average molecular weight is 432 g/mol. The normalized spacial score (nSPS) is 19.0. The Morgan fingerprint density at radius 3 is 2.68 bits per heavy atom. The van der Waals surface area contributed by atoms with Crippen molar-refractivity contribution in [1.29, 1.82) is 0 Å². The van der Waals surface area contributed by atoms with Crippen LogP contribution >= 0.6 is 0 Å². The van der Waals surface area contributed by atoms with E-state index in [9.17, 15) is 18.0 Å². The van der Waals surface area contributed by atoms with Gasteiger partial charge in [0.2, 0.25) is 0 Å². The largest absolute Gasteiger partial charge is 0.493 e. The van der Waals surface area contributed by atoms with Crippen LogP contribution in [0.2, 0.25) is 0 Å². The number of hydrogen-bond donors (Lipinski definition) is 2. The molecule has 2 heterocycles. The highest BCUT2D eigenvalue weighted by atomic mass is 19.4. The maximum Gasteiger partial charge on any atom is 0.416 e. The number of aromatic amines is 1. The summed E-state index contributed by atoms with van der Waals surface area (Å²) in [5.74, 6) is 0.218. The van der Waals surface area contributed by atoms with Gasteiger partial charge in [-0.25, -0.2) is 0 Å². The van der Waals surface area contributed by atoms with Gasteiger partial charge in [0.05, 0.1) is 17.9 Å². The predicted octanol–water partition coefficient (Wildman–Crippen LogP) is 5.32. The lowest BCUT2D eigenvalue weighted by Crippen LogP contribution is -2.39. The Kier molecular flexibility index (Phi) is 5.66. The van der Waals surface area contributed by atoms with Crippen LogP contribution in [-0.4, -0.2) is 29.7 Å². The first-order chi connectivity index (χ1) is 14.7. The number of carbonyl (C=O) groups excluding carboxylic acids is 1. The van der Waals surface area contributed by atoms with E-state index in [2.05, 4.69) is 10.3 Å². The number of carbonyl (C=O) groups is 1. The Balaban J connectivity index is 1.40. The molecule has 4 rings (SSSR count). The number of amides is 1. The maximum atomic E-state index is 12.6. The van der Waals surface area contributed by atoms with Crippen molar-refractivity contribution in [2.75, 3.05) is 18.5 Å². The summed E-state index contributed by atoms with van der Waals surface area (Å²) >= 11 is 0. The summed E-state index contributed by atoms with van der Waals surface area (Å²) in [5, 5.41) is 3.83. The smallest absolute Gasteiger partial charge is 0.416 e. The van der Waals surface area contributed by atoms with E-state index in [0.29, 0.717) is 37.5 Å². The van der Waals surface area contributed by atoms with Gasteiger partial charge in [-0.05, 0) is 61.7 Å². The number of rotatable bonds is 6. The molecule has 1 fully saturated rings. The van der Waals surface area contributed by atoms with Crippen LogP contribution in [-0.2, 0) is 22.1 Å². The maximum absolute atomic E-state index is 12.6. The zero-order valence-electron chi connectivity index (χ0n) is 17.0. The average Bonchev–Trinajstić information content (AvgIpc) is 3.35. The number of fused-ring (bicyclic) bond motifs is 1. The second kappa shape index (κ2) is 8.26. The molecule has 31 heavy (non-hydrogen) atoms. The third-order valence-corrected chi connectivity index (χ3v) is 5.53. The Labute approximate surface area is 177 Å². The van der Waals surface area contributed by atoms with E-state index in [-0.39, 0.29) is 5.91 Å². The molecule has 1 unspecified atom stereocenters. The van der Waals surface area contributed by atoms with E-state index in [1.807, 2.05) is 18.2 Å². The monoisotopic (exact) mass is 432 g/mol. The molecule has 0 spiro atoms. The summed E-state index contributed by atoms with van der Waals surface area (Å²) in [6, 6.07) is 10.5. The molecule has 1 saturated heterocycles. The fraction of sp³-hybridized carbons (Fsp3) is 0.348. The molecule has 0 bridgehead atoms. The first-order valence-corrected chi connectivity index (χ1v) is 10.1. The van der Waals surface area contributed by atoms with Crippen molar-refractivity contribution in [2.45, 2.75) is 38.0 Å². The number of H-pyrrole nitrogens is 1. The summed E-state index contributed by atoms with van der Waals surface area (Å²) in [7, 11) is 0. The first-order valence-electron chi connectivity index (χ1n) is 10.1. The van der Waals surface area contributed by atoms with Crippen LogP contribution in [0, 0.1) is 0 Å². The van der Waals surface area contributed by atoms with E-state index in [4.69, 9.17) is 9.47 Å². The van der Waals surface area contributed by atoms with E-state index >= 15 is 0 Å². The Morgan fingerprint density at radius 1 is 1.23 bits per heavy atom. The number of anilines is 1. The van der Waals surface area contributed by atoms with E-state index in [0.717, 1.165) is 35.0 Å². The molecule has 1 aliphatic heterocycles. The van der Waals surface area contributed by atoms with Gasteiger partial charge in [-0.2, -0.15) is 13.2 Å². The molecule has 164 valence electrons. The van der Waals surface area contributed by atoms with Gasteiger partial charge in [0.15, 0.2) is 0 Å². The molecule has 1 atom stereocenters. The summed E-state index contributed by atoms with van der Waals surface area (Å²) < 4.78 is 49.1. The molecule has 8 heteroatoms. The lowest BCUT2D eigenvalue weighted by molar-refractivity contribution is -0.137. The molecule has 1 aromatic heterocycles. The minimum Gasteiger partial charge on any atom is -0.493 e. The van der Waals surface area contributed by atoms with Gasteiger partial charge in [-0.15, -0.1) is 0 Å². The Morgan fingerprint density at radius 2 is 2.00 bits per heavy atom. The van der Waals surface area contributed by atoms with Gasteiger partial charge < -0.3 is 19.8 Å². The topological polar surface area (TPSA) is 63.4 Å². The summed E-state index contributed by atoms with van der Waals surface area (Å²) in [6.07, 6.45) is -0.493. The van der Waals surface area contributed by atoms with Crippen LogP contribution < -0.4 is 10.1 Å². The minimum atomic E-state index is -4.36. The lowest BCUT2D eigenvalue weighted by atomic mass is 10.0. The first kappa shape index (κ1) is 21.2. The molecule has 5 nitrogen and oxygen atoms in total. The molecule has 3 aromatic rings. The number of ether oxygens (including phenoxy) is 2. The number of aromatic nitrogens is 1. The van der Waals surface area contributed by atoms with Gasteiger partial charge in [0.25, 0.3) is 5.91 Å². The number of hydrogen-bond acceptors (Lipinski definition) is 3. The second-order valence-electron chi connectivity index (χ2n) is 7.84. The second-order valence-corrected chi connectivity index (χ2v) is 7.84. The molecule has 0 radical (unpaired) electrons. The Hall–Kier alpha value is -3.00. The summed E-state index contributed by atoms with van der Waals surface area (Å²) in [6.45, 7) is 2.70. The third kappa shape index (κ3) is 4.69. The minimum absolute atomic E-state index is 0.165. The van der Waals surface area contributed by atoms with E-state index in [1.54, 1.807) is 13.1 Å². The lowest BCUT2D eigenvalue weighted by Gasteiger charge is -2.21. The summed E-state index contributed by atoms with van der Waals surface area (Å²) in [5.41, 5.74) is 1.04. The predicted molar refractivity (Wildman–Crippen MR) is 111 cm³/mol. The van der Waals surface area contributed by atoms with Crippen molar-refractivity contribution in [3.63, 3.8) is 0 Å². The number of nitrogens with one attached hydrogen (secondary N) is 2. The van der Waals surface area contributed by atoms with E-state index < -0.39 is 17.3 Å². The van der Waals surface area contributed by atoms with Crippen molar-refractivity contribution < 1.29 is 27.4 Å². The summed E-state index contributed by atoms with van der Waals surface area (Å²) in [4.78, 5) is 15.8. The molecular weight excluding hydrogens is 409 g/mol. The zero-order valence-corrected chi connectivity index (χ0v) is 17.0. The SMILES string of the molecule is CC1(C(=O)Nc2c[nH]c3ccc(CCOc4ccc(C(F)(F)F)cc4)cc23)CCCO1. The molecular formula is C23H23F3N2O3. The molecule has 0 aliphatic carbocycles. The van der Waals surface area contributed by atoms with Crippen molar-refractivity contribution in [2.24, 2.45) is 0 Å². The molecule has 1 amide bonds. The number of alkyl halides is 3. The molecule has 2 aromatic carbocycles. The fourth-order valence-electron chi connectivity index (χ4n) is 3.67. The van der Waals surface area contributed by atoms with Gasteiger partial charge in [-0.3, -0.25) is 4.79 Å². The van der Waals surface area contributed by atoms with Gasteiger partial charge in [-0.1, -0.05) is 6.07 Å². The van der Waals surface area contributed by atoms with Crippen LogP contribution in [0.1, 0.15) is 30.9 Å². The van der Waals surface area contributed by atoms with Crippen LogP contribution in [0.25, 0.3) is 10.9 Å². The van der Waals surface area contributed by atoms with Crippen molar-refractivity contribution >= 4 is 22.5 Å². The number of benzene rings is 2. The van der Waals surface area contributed by atoms with Crippen molar-refractivity contribution in [3.8, 4) is 5.75 Å².